The average Bonchev–Trinajstić information content (AvgIpc) is 3.88. The molecule has 0 unspecified atom stereocenters. The van der Waals surface area contributed by atoms with Crippen LogP contribution in [0.2, 0.25) is 0 Å². The quantitative estimate of drug-likeness (QED) is 0.152. The van der Waals surface area contributed by atoms with Crippen LogP contribution in [0.1, 0.15) is 73.8 Å². The molecule has 11 aromatic rings. The van der Waals surface area contributed by atoms with Gasteiger partial charge in [0.15, 0.2) is 0 Å². The molecule has 3 heterocycles. The first-order chi connectivity index (χ1) is 35.6. The summed E-state index contributed by atoms with van der Waals surface area (Å²) in [7, 11) is 0. The fraction of sp³-hybridized carbons (Fsp3) is 0.169. The van der Waals surface area contributed by atoms with Crippen molar-refractivity contribution in [2.24, 2.45) is 0 Å². The molecule has 352 valence electrons. The third-order valence-electron chi connectivity index (χ3n) is 14.5. The smallest absolute Gasteiger partial charge is 0.0622 e. The minimum absolute atomic E-state index is 0.00971. The number of imidazole rings is 1. The number of ether oxygens (including phenoxy) is 1. The Kier molecular flexibility index (Phi) is 10.2. The Bertz CT molecular complexity index is 3970. The number of aromatic nitrogens is 4. The van der Waals surface area contributed by atoms with Crippen LogP contribution in [0.5, 0.6) is 11.5 Å². The van der Waals surface area contributed by atoms with Crippen molar-refractivity contribution in [3.63, 3.8) is 0 Å². The van der Waals surface area contributed by atoms with Crippen molar-refractivity contribution in [2.75, 3.05) is 0 Å². The molecule has 71 heavy (non-hydrogen) atoms. The van der Waals surface area contributed by atoms with E-state index in [2.05, 4.69) is 207 Å². The van der Waals surface area contributed by atoms with Gasteiger partial charge < -0.3 is 0 Å². The number of aryl methyl sites for hydroxylation is 2. The van der Waals surface area contributed by atoms with Gasteiger partial charge in [-0.05, 0) is 53.8 Å². The molecule has 0 spiro atoms. The average molecular weight is 1110 g/mol. The van der Waals surface area contributed by atoms with Crippen LogP contribution in [-0.4, -0.2) is 18.7 Å². The molecule has 0 radical (unpaired) electrons. The van der Waals surface area contributed by atoms with E-state index in [1.165, 1.54) is 16.7 Å². The number of hydrogen-bond donors (Lipinski definition) is 0. The molecule has 12 rings (SSSR count). The summed E-state index contributed by atoms with van der Waals surface area (Å²) in [6.07, 6.45) is 4.98. The number of rotatable bonds is 8. The minimum Gasteiger partial charge on any atom is -0.0622 e. The van der Waals surface area contributed by atoms with E-state index >= 15 is 0 Å². The fourth-order valence-corrected chi connectivity index (χ4v) is 12.0. The number of nitrogens with zero attached hydrogens (tertiary/aromatic N) is 4. The van der Waals surface area contributed by atoms with E-state index in [1.807, 2.05) is 42.5 Å². The molecule has 6 heteroatoms. The van der Waals surface area contributed by atoms with Gasteiger partial charge in [-0.2, -0.15) is 0 Å². The second-order valence-corrected chi connectivity index (χ2v) is 21.7. The van der Waals surface area contributed by atoms with Crippen molar-refractivity contribution in [1.29, 1.82) is 0 Å². The van der Waals surface area contributed by atoms with Crippen LogP contribution in [0.4, 0.5) is 0 Å². The second-order valence-electron chi connectivity index (χ2n) is 20.6. The molecule has 0 N–H and O–H groups in total. The number of pyridine rings is 1. The van der Waals surface area contributed by atoms with Crippen LogP contribution in [0, 0.1) is 10.7 Å². The van der Waals surface area contributed by atoms with Gasteiger partial charge in [0.1, 0.15) is 0 Å². The van der Waals surface area contributed by atoms with Crippen LogP contribution in [0.25, 0.3) is 83.4 Å². The van der Waals surface area contributed by atoms with Crippen molar-refractivity contribution in [2.45, 2.75) is 71.6 Å². The van der Waals surface area contributed by atoms with Gasteiger partial charge in [-0.25, -0.2) is 0 Å². The van der Waals surface area contributed by atoms with E-state index < -0.39 is 6.85 Å². The summed E-state index contributed by atoms with van der Waals surface area (Å²) in [5, 5.41) is 2.16. The number of hydrogen-bond acceptors (Lipinski definition) is 2. The molecule has 0 amide bonds. The van der Waals surface area contributed by atoms with Crippen LogP contribution >= 0.6 is 0 Å². The van der Waals surface area contributed by atoms with E-state index in [9.17, 15) is 0 Å². The molecule has 0 atom stereocenters. The van der Waals surface area contributed by atoms with Crippen molar-refractivity contribution < 1.29 is 28.2 Å². The Balaban J connectivity index is 1.01. The predicted octanol–water partition coefficient (Wildman–Crippen LogP) is 17.0. The number of benzene rings is 8. The third-order valence-corrected chi connectivity index (χ3v) is 15.5. The molecule has 0 bridgehead atoms. The molecule has 1 aliphatic carbocycles. The van der Waals surface area contributed by atoms with Crippen LogP contribution in [-0.2, 0) is 36.6 Å². The Morgan fingerprint density at radius 2 is 1.18 bits per heavy atom. The molecule has 1 aliphatic rings. The van der Waals surface area contributed by atoms with Crippen molar-refractivity contribution in [3.8, 4) is 62.1 Å². The van der Waals surface area contributed by atoms with E-state index in [0.717, 1.165) is 95.1 Å². The summed E-state index contributed by atoms with van der Waals surface area (Å²) in [5.74, 6) is 1.88. The molecular formula is C65H56N4OPt. The second kappa shape index (κ2) is 17.5. The molecule has 3 aromatic heterocycles. The van der Waals surface area contributed by atoms with Gasteiger partial charge in [0, 0.05) is 15.9 Å². The minimum atomic E-state index is -2.38. The monoisotopic (exact) mass is 1110 g/mol. The Morgan fingerprint density at radius 1 is 0.577 bits per heavy atom. The standard InChI is InChI=1S/C65H56N4O.Pt/c1-43-34-62(66-41-56(43)46-24-14-9-15-25-46)69-60-39-51(31-32-52(60)55-35-47-26-19-33-65(5,6)57(47)40-61(55)69)70-50-28-18-27-49(38-50)67-42-68(59-30-17-16-29-58(59)67)63-53(44-20-10-7-11-21-44)36-48(64(2,3)4)37-54(63)45-22-12-8-13-23-45;/h7-18,20-25,27-32,34-41H,19,26,33H2,1-6H3;/i1D3;. The Labute approximate surface area is 431 Å². The first kappa shape index (κ1) is 41.5. The van der Waals surface area contributed by atoms with Crippen molar-refractivity contribution in [3.05, 3.63) is 220 Å². The van der Waals surface area contributed by atoms with Gasteiger partial charge in [0.2, 0.25) is 0 Å². The van der Waals surface area contributed by atoms with E-state index in [0.29, 0.717) is 22.9 Å². The summed E-state index contributed by atoms with van der Waals surface area (Å²) >= 11 is 2.50. The van der Waals surface area contributed by atoms with Gasteiger partial charge in [0.05, 0.1) is 0 Å². The van der Waals surface area contributed by atoms with Gasteiger partial charge in [-0.15, -0.1) is 0 Å². The molecule has 0 fully saturated rings. The topological polar surface area (TPSA) is 36.9 Å². The maximum absolute atomic E-state index is 8.72. The van der Waals surface area contributed by atoms with Gasteiger partial charge in [-0.3, -0.25) is 0 Å². The molecule has 0 aliphatic heterocycles. The molecule has 8 aromatic carbocycles. The predicted molar refractivity (Wildman–Crippen MR) is 290 cm³/mol. The summed E-state index contributed by atoms with van der Waals surface area (Å²) in [6.45, 7) is 9.13. The first-order valence-corrected chi connectivity index (χ1v) is 25.7. The first-order valence-electron chi connectivity index (χ1n) is 26.1. The van der Waals surface area contributed by atoms with Gasteiger partial charge in [0.25, 0.3) is 0 Å². The van der Waals surface area contributed by atoms with E-state index in [4.69, 9.17) is 13.8 Å². The molecule has 5 nitrogen and oxygen atoms in total. The van der Waals surface area contributed by atoms with Crippen LogP contribution in [0.15, 0.2) is 194 Å². The van der Waals surface area contributed by atoms with Crippen molar-refractivity contribution >= 4 is 32.8 Å². The zero-order valence-electron chi connectivity index (χ0n) is 43.6. The van der Waals surface area contributed by atoms with Gasteiger partial charge in [-0.1, -0.05) is 44.2 Å². The third kappa shape index (κ3) is 7.92. The van der Waals surface area contributed by atoms with Crippen molar-refractivity contribution in [1.82, 2.24) is 18.7 Å². The zero-order chi connectivity index (χ0) is 51.1. The van der Waals surface area contributed by atoms with E-state index in [-0.39, 0.29) is 16.4 Å². The summed E-state index contributed by atoms with van der Waals surface area (Å²) < 4.78 is 41.0. The summed E-state index contributed by atoms with van der Waals surface area (Å²) in [6, 6.07) is 65.6. The fourth-order valence-electron chi connectivity index (χ4n) is 10.9. The zero-order valence-corrected chi connectivity index (χ0v) is 42.9. The maximum atomic E-state index is 8.72. The van der Waals surface area contributed by atoms with Crippen LogP contribution in [0.3, 0.4) is 0 Å². The van der Waals surface area contributed by atoms with Gasteiger partial charge >= 0.3 is 320 Å². The summed E-state index contributed by atoms with van der Waals surface area (Å²) in [4.78, 5) is 5.06. The Hall–Kier alpha value is -7.33. The number of para-hydroxylation sites is 2. The molecule has 0 saturated carbocycles. The Morgan fingerprint density at radius 3 is 1.83 bits per heavy atom. The summed E-state index contributed by atoms with van der Waals surface area (Å²) in [5.41, 5.74) is 16.2. The molecule has 0 saturated heterocycles. The number of fused-ring (bicyclic) bond motifs is 5. The van der Waals surface area contributed by atoms with E-state index in [1.54, 1.807) is 12.3 Å². The normalized spacial score (nSPS) is 14.3. The van der Waals surface area contributed by atoms with Crippen LogP contribution < -0.4 is 4.74 Å². The molecular weight excluding hydrogens is 1050 g/mol. The SMILES string of the molecule is [2H]C([2H])([2H])c1cc(-n2c3cc(Oc4cccc(-n5[c](=[Pt])n(-c6c(-c7ccccc7)cc(C(C)(C)C)cc6-c6ccccc6)c6ccccc65)c4)ccc3c3cc4c(cc32)C(C)(C)CCC4)ncc1-c1ccccc1.